The molecule has 3 fully saturated rings. The van der Waals surface area contributed by atoms with Crippen LogP contribution >= 0.6 is 23.3 Å². The van der Waals surface area contributed by atoms with Gasteiger partial charge in [0.25, 0.3) is 11.8 Å². The van der Waals surface area contributed by atoms with E-state index in [4.69, 9.17) is 5.73 Å². The molecule has 0 aromatic carbocycles. The summed E-state index contributed by atoms with van der Waals surface area (Å²) in [6, 6.07) is -0.954. The van der Waals surface area contributed by atoms with Crippen molar-refractivity contribution in [2.45, 2.75) is 30.3 Å². The van der Waals surface area contributed by atoms with Crippen molar-refractivity contribution in [3.8, 4) is 0 Å². The lowest BCUT2D eigenvalue weighted by atomic mass is 10.0. The van der Waals surface area contributed by atoms with Gasteiger partial charge in [-0.15, -0.1) is 11.8 Å². The molecule has 5 rings (SSSR count). The fourth-order valence-electron chi connectivity index (χ4n) is 4.71. The molecule has 0 spiro atoms. The molecule has 16 heteroatoms. The Balaban J connectivity index is 1.33. The number of hydrogen-bond donors (Lipinski definition) is 4. The van der Waals surface area contributed by atoms with E-state index in [9.17, 15) is 29.5 Å². The number of hydrogen-bond acceptors (Lipinski definition) is 13. The highest BCUT2D eigenvalue weighted by Gasteiger charge is 2.53. The summed E-state index contributed by atoms with van der Waals surface area (Å²) in [7, 11) is 0. The number of nitrogens with zero attached hydrogens (tertiary/aromatic N) is 5. The van der Waals surface area contributed by atoms with Gasteiger partial charge in [-0.2, -0.15) is 9.36 Å². The minimum absolute atomic E-state index is 0.0573. The minimum atomic E-state index is -1.55. The lowest BCUT2D eigenvalue weighted by molar-refractivity contribution is -0.301. The molecule has 1 aromatic heterocycles. The second-order valence-corrected chi connectivity index (χ2v) is 10.4. The molecule has 3 saturated heterocycles. The first-order valence-corrected chi connectivity index (χ1v) is 12.9. The number of anilines is 1. The molecule has 4 aliphatic rings. The Morgan fingerprint density at radius 3 is 2.81 bits per heavy atom. The van der Waals surface area contributed by atoms with E-state index >= 15 is 0 Å². The van der Waals surface area contributed by atoms with Crippen LogP contribution in [0.15, 0.2) is 28.1 Å². The molecule has 5 heterocycles. The zero-order valence-electron chi connectivity index (χ0n) is 18.7. The number of carbonyl (C=O) groups is 4. The predicted octanol–water partition coefficient (Wildman–Crippen LogP) is -2.78. The number of β-lactam (4-membered cyclic amide) rings is 1. The fourth-order valence-corrected chi connectivity index (χ4v) is 6.45. The smallest absolute Gasteiger partial charge is 0.278 e. The first-order chi connectivity index (χ1) is 17.3. The summed E-state index contributed by atoms with van der Waals surface area (Å²) in [6.45, 7) is 2.14. The standard InChI is InChI=1S/C20H22N8O6S2/c21-20-24-14(26-36-20)11(25-34)15(29)23-12-17(31)28-13(19(32)33)9(7-35-18(12)28)5-8-2-4-27(16(8)30)10-1-3-22-6-10/h5,10,12,18,22,34H,1-4,6-7H2,(H,23,29)(H,32,33)(H2,21,24,26)/p-1/b8-5+,25-11-/t10?,12-,18?/m1/s1. The molecule has 5 N–H and O–H groups in total. The van der Waals surface area contributed by atoms with Crippen molar-refractivity contribution in [1.82, 2.24) is 29.8 Å². The molecule has 4 aliphatic heterocycles. The van der Waals surface area contributed by atoms with Crippen molar-refractivity contribution in [2.24, 2.45) is 5.16 Å². The number of likely N-dealkylation sites (tertiary alicyclic amines) is 1. The van der Waals surface area contributed by atoms with Gasteiger partial charge in [-0.25, -0.2) is 0 Å². The molecule has 190 valence electrons. The molecular weight excluding hydrogens is 512 g/mol. The highest BCUT2D eigenvalue weighted by molar-refractivity contribution is 8.00. The Labute approximate surface area is 212 Å². The lowest BCUT2D eigenvalue weighted by Crippen LogP contribution is -2.71. The topological polar surface area (TPSA) is 206 Å². The van der Waals surface area contributed by atoms with Gasteiger partial charge in [-0.1, -0.05) is 5.16 Å². The van der Waals surface area contributed by atoms with Crippen LogP contribution in [0, 0.1) is 0 Å². The third-order valence-corrected chi connectivity index (χ3v) is 8.27. The molecule has 2 unspecified atom stereocenters. The highest BCUT2D eigenvalue weighted by atomic mass is 32.2. The normalized spacial score (nSPS) is 27.5. The van der Waals surface area contributed by atoms with Crippen LogP contribution in [0.4, 0.5) is 5.13 Å². The summed E-state index contributed by atoms with van der Waals surface area (Å²) < 4.78 is 3.81. The van der Waals surface area contributed by atoms with Crippen LogP contribution in [-0.2, 0) is 19.2 Å². The van der Waals surface area contributed by atoms with Crippen LogP contribution in [0.1, 0.15) is 18.7 Å². The third-order valence-electron chi connectivity index (χ3n) is 6.43. The van der Waals surface area contributed by atoms with Gasteiger partial charge in [-0.3, -0.25) is 19.3 Å². The van der Waals surface area contributed by atoms with Crippen LogP contribution in [-0.4, -0.2) is 96.6 Å². The molecule has 3 atom stereocenters. The number of amides is 3. The van der Waals surface area contributed by atoms with Gasteiger partial charge in [0, 0.05) is 42.0 Å². The summed E-state index contributed by atoms with van der Waals surface area (Å²) >= 11 is 2.03. The highest BCUT2D eigenvalue weighted by Crippen LogP contribution is 2.41. The summed E-state index contributed by atoms with van der Waals surface area (Å²) in [5.41, 5.74) is 5.45. The maximum absolute atomic E-state index is 12.9. The van der Waals surface area contributed by atoms with Crippen molar-refractivity contribution in [3.63, 3.8) is 0 Å². The predicted molar refractivity (Wildman–Crippen MR) is 125 cm³/mol. The van der Waals surface area contributed by atoms with E-state index in [2.05, 4.69) is 25.1 Å². The van der Waals surface area contributed by atoms with E-state index in [1.807, 2.05) is 0 Å². The fraction of sp³-hybridized carbons (Fsp3) is 0.450. The number of nitrogen functional groups attached to an aromatic ring is 1. The van der Waals surface area contributed by atoms with Crippen molar-refractivity contribution in [1.29, 1.82) is 0 Å². The van der Waals surface area contributed by atoms with Gasteiger partial charge in [-0.05, 0) is 31.0 Å². The number of aromatic nitrogens is 2. The molecule has 0 saturated carbocycles. The number of carboxylic acid groups (broad SMARTS) is 1. The van der Waals surface area contributed by atoms with Crippen molar-refractivity contribution >= 4 is 57.8 Å². The number of nitrogens with two attached hydrogens (primary N) is 1. The minimum Gasteiger partial charge on any atom is -0.543 e. The van der Waals surface area contributed by atoms with Crippen LogP contribution in [0.5, 0.6) is 0 Å². The summed E-state index contributed by atoms with van der Waals surface area (Å²) in [4.78, 5) is 57.1. The van der Waals surface area contributed by atoms with E-state index in [-0.39, 0.29) is 34.4 Å². The summed E-state index contributed by atoms with van der Waals surface area (Å²) in [6.07, 6.45) is 2.90. The first kappa shape index (κ1) is 24.2. The van der Waals surface area contributed by atoms with Gasteiger partial charge in [0.15, 0.2) is 5.13 Å². The number of carbonyl (C=O) groups excluding carboxylic acids is 4. The molecule has 36 heavy (non-hydrogen) atoms. The Hall–Kier alpha value is -3.50. The number of thioether (sulfide) groups is 1. The number of oxime groups is 1. The summed E-state index contributed by atoms with van der Waals surface area (Å²) in [5, 5.41) is 29.2. The molecule has 0 bridgehead atoms. The van der Waals surface area contributed by atoms with E-state index in [0.29, 0.717) is 24.1 Å². The Kier molecular flexibility index (Phi) is 6.40. The van der Waals surface area contributed by atoms with Gasteiger partial charge in [0.1, 0.15) is 11.4 Å². The van der Waals surface area contributed by atoms with Gasteiger partial charge in [0.05, 0.1) is 11.7 Å². The Morgan fingerprint density at radius 2 is 2.17 bits per heavy atom. The van der Waals surface area contributed by atoms with Gasteiger partial charge >= 0.3 is 0 Å². The molecule has 0 aliphatic carbocycles. The zero-order valence-corrected chi connectivity index (χ0v) is 20.3. The van der Waals surface area contributed by atoms with Gasteiger partial charge < -0.3 is 36.4 Å². The Bertz CT molecular complexity index is 1240. The van der Waals surface area contributed by atoms with Crippen LogP contribution in [0.3, 0.4) is 0 Å². The van der Waals surface area contributed by atoms with Crippen molar-refractivity contribution in [2.75, 3.05) is 31.1 Å². The average Bonchev–Trinajstić information content (AvgIpc) is 3.60. The summed E-state index contributed by atoms with van der Waals surface area (Å²) in [5.74, 6) is -3.28. The number of aliphatic carboxylic acids is 1. The van der Waals surface area contributed by atoms with Crippen LogP contribution < -0.4 is 21.5 Å². The van der Waals surface area contributed by atoms with E-state index in [1.54, 1.807) is 11.0 Å². The van der Waals surface area contributed by atoms with Crippen molar-refractivity contribution in [3.05, 3.63) is 28.7 Å². The second kappa shape index (κ2) is 9.51. The van der Waals surface area contributed by atoms with Crippen molar-refractivity contribution < 1.29 is 29.5 Å². The van der Waals surface area contributed by atoms with E-state index in [0.717, 1.165) is 35.9 Å². The molecule has 3 amide bonds. The molecule has 14 nitrogen and oxygen atoms in total. The van der Waals surface area contributed by atoms with Gasteiger partial charge in [0.2, 0.25) is 17.4 Å². The largest absolute Gasteiger partial charge is 0.543 e. The number of carboxylic acids is 1. The molecule has 0 radical (unpaired) electrons. The number of rotatable bonds is 6. The molecule has 1 aromatic rings. The maximum Gasteiger partial charge on any atom is 0.278 e. The number of allylic oxidation sites excluding steroid dienone is 1. The molecular formula is C20H21N8O6S2-. The zero-order chi connectivity index (χ0) is 25.6. The Morgan fingerprint density at radius 1 is 1.36 bits per heavy atom. The van der Waals surface area contributed by atoms with E-state index in [1.165, 1.54) is 11.8 Å². The van der Waals surface area contributed by atoms with Crippen LogP contribution in [0.2, 0.25) is 0 Å². The first-order valence-electron chi connectivity index (χ1n) is 11.0. The second-order valence-electron chi connectivity index (χ2n) is 8.49. The monoisotopic (exact) mass is 533 g/mol. The lowest BCUT2D eigenvalue weighted by Gasteiger charge is -2.50. The maximum atomic E-state index is 12.9. The SMILES string of the molecule is Nc1nc(/C(=N/O)C(=O)N[C@@H]2C(=O)N3C(C(=O)[O-])=C(/C=C4\CCN(C5CCNC5)C4=O)CSC23)ns1. The van der Waals surface area contributed by atoms with E-state index < -0.39 is 34.9 Å². The quantitative estimate of drug-likeness (QED) is 0.0967. The van der Waals surface area contributed by atoms with Crippen LogP contribution in [0.25, 0.3) is 0 Å². The number of nitrogens with one attached hydrogen (secondary N) is 2. The average molecular weight is 534 g/mol. The number of fused-ring (bicyclic) bond motifs is 1. The third kappa shape index (κ3) is 4.10.